The number of hydrogen-bond acceptors (Lipinski definition) is 6. The fourth-order valence-corrected chi connectivity index (χ4v) is 5.56. The van der Waals surface area contributed by atoms with Crippen LogP contribution in [0.5, 0.6) is 5.75 Å². The number of fused-ring (bicyclic) bond motifs is 2. The van der Waals surface area contributed by atoms with Crippen molar-refractivity contribution in [3.05, 3.63) is 101 Å². The van der Waals surface area contributed by atoms with Gasteiger partial charge < -0.3 is 10.1 Å². The maximum Gasteiger partial charge on any atom is 0.320 e. The van der Waals surface area contributed by atoms with Crippen LogP contribution >= 0.6 is 0 Å². The number of rotatable bonds is 6. The standard InChI is InChI=1S/C34H36N8O2/c1-21(2)32-39-38-30-17-14-24(20-41(30)32)44-28-16-15-27(25-8-6-7-9-26(25)28)36-33(43)37-31-18-29(34(3,4)5)40-42(31)23-12-10-22(19-35)11-13-23/h6-14,17-18,20-21,27-28H,15-16H2,1-5H3,(H2,36,37,43)/t27-,28-/m0/s1. The summed E-state index contributed by atoms with van der Waals surface area (Å²) in [4.78, 5) is 13.4. The molecule has 0 radical (unpaired) electrons. The minimum Gasteiger partial charge on any atom is -0.484 e. The van der Waals surface area contributed by atoms with Crippen LogP contribution in [0.15, 0.2) is 72.9 Å². The third-order valence-corrected chi connectivity index (χ3v) is 7.90. The lowest BCUT2D eigenvalue weighted by Crippen LogP contribution is -2.36. The molecule has 2 atom stereocenters. The summed E-state index contributed by atoms with van der Waals surface area (Å²) in [6.07, 6.45) is 3.24. The molecule has 44 heavy (non-hydrogen) atoms. The lowest BCUT2D eigenvalue weighted by molar-refractivity contribution is 0.171. The van der Waals surface area contributed by atoms with E-state index in [9.17, 15) is 10.1 Å². The van der Waals surface area contributed by atoms with E-state index in [-0.39, 0.29) is 29.5 Å². The molecule has 10 heteroatoms. The van der Waals surface area contributed by atoms with Gasteiger partial charge in [0, 0.05) is 17.4 Å². The quantitative estimate of drug-likeness (QED) is 0.221. The molecule has 0 unspecified atom stereocenters. The Bertz CT molecular complexity index is 1860. The molecule has 2 amide bonds. The van der Waals surface area contributed by atoms with Crippen molar-refractivity contribution in [2.75, 3.05) is 5.32 Å². The molecule has 3 aromatic heterocycles. The predicted molar refractivity (Wildman–Crippen MR) is 168 cm³/mol. The second-order valence-corrected chi connectivity index (χ2v) is 12.5. The summed E-state index contributed by atoms with van der Waals surface area (Å²) in [6, 6.07) is 22.6. The van der Waals surface area contributed by atoms with Crippen LogP contribution in [0.4, 0.5) is 10.6 Å². The molecule has 0 aliphatic heterocycles. The smallest absolute Gasteiger partial charge is 0.320 e. The average Bonchev–Trinajstić information content (AvgIpc) is 3.63. The van der Waals surface area contributed by atoms with Crippen molar-refractivity contribution in [2.45, 2.75) is 70.9 Å². The van der Waals surface area contributed by atoms with Gasteiger partial charge in [0.1, 0.15) is 23.5 Å². The highest BCUT2D eigenvalue weighted by atomic mass is 16.5. The van der Waals surface area contributed by atoms with E-state index >= 15 is 0 Å². The van der Waals surface area contributed by atoms with E-state index in [4.69, 9.17) is 9.84 Å². The van der Waals surface area contributed by atoms with Gasteiger partial charge in [0.2, 0.25) is 0 Å². The maximum absolute atomic E-state index is 13.4. The zero-order valence-corrected chi connectivity index (χ0v) is 25.6. The van der Waals surface area contributed by atoms with Gasteiger partial charge in [0.15, 0.2) is 5.65 Å². The zero-order chi connectivity index (χ0) is 31.0. The van der Waals surface area contributed by atoms with Crippen molar-refractivity contribution in [1.29, 1.82) is 5.26 Å². The molecule has 2 aromatic carbocycles. The second-order valence-electron chi connectivity index (χ2n) is 12.5. The number of nitrogens with zero attached hydrogens (tertiary/aromatic N) is 6. The molecule has 3 heterocycles. The van der Waals surface area contributed by atoms with Crippen LogP contribution in [0.3, 0.4) is 0 Å². The molecule has 0 spiro atoms. The number of nitriles is 1. The molecule has 2 N–H and O–H groups in total. The number of urea groups is 1. The molecule has 5 aromatic rings. The molecule has 0 bridgehead atoms. The van der Waals surface area contributed by atoms with E-state index in [1.807, 2.05) is 59.1 Å². The van der Waals surface area contributed by atoms with Gasteiger partial charge in [-0.2, -0.15) is 10.4 Å². The number of pyridine rings is 1. The Hall–Kier alpha value is -5.17. The minimum atomic E-state index is -0.321. The van der Waals surface area contributed by atoms with Crippen molar-refractivity contribution < 1.29 is 9.53 Å². The first kappa shape index (κ1) is 28.9. The Morgan fingerprint density at radius 2 is 1.77 bits per heavy atom. The normalized spacial score (nSPS) is 16.4. The number of nitrogens with one attached hydrogen (secondary N) is 2. The Morgan fingerprint density at radius 1 is 1.02 bits per heavy atom. The molecule has 224 valence electrons. The summed E-state index contributed by atoms with van der Waals surface area (Å²) in [6.45, 7) is 10.4. The van der Waals surface area contributed by atoms with Gasteiger partial charge in [-0.1, -0.05) is 58.9 Å². The van der Waals surface area contributed by atoms with E-state index in [0.717, 1.165) is 46.2 Å². The van der Waals surface area contributed by atoms with Crippen LogP contribution in [-0.4, -0.2) is 30.4 Å². The summed E-state index contributed by atoms with van der Waals surface area (Å²) in [5, 5.41) is 28.8. The van der Waals surface area contributed by atoms with Crippen LogP contribution in [0, 0.1) is 11.3 Å². The molecular formula is C34H36N8O2. The summed E-state index contributed by atoms with van der Waals surface area (Å²) in [5.74, 6) is 2.41. The fourth-order valence-electron chi connectivity index (χ4n) is 5.56. The molecule has 0 saturated carbocycles. The van der Waals surface area contributed by atoms with Gasteiger partial charge in [-0.25, -0.2) is 9.48 Å². The van der Waals surface area contributed by atoms with Gasteiger partial charge in [-0.05, 0) is 60.4 Å². The molecule has 0 fully saturated rings. The minimum absolute atomic E-state index is 0.157. The number of anilines is 1. The molecule has 10 nitrogen and oxygen atoms in total. The summed E-state index contributed by atoms with van der Waals surface area (Å²) in [7, 11) is 0. The maximum atomic E-state index is 13.4. The summed E-state index contributed by atoms with van der Waals surface area (Å²) in [5.41, 5.74) is 4.79. The van der Waals surface area contributed by atoms with Crippen LogP contribution < -0.4 is 15.4 Å². The third kappa shape index (κ3) is 5.73. The third-order valence-electron chi connectivity index (χ3n) is 7.90. The van der Waals surface area contributed by atoms with Crippen LogP contribution in [0.1, 0.15) is 93.7 Å². The van der Waals surface area contributed by atoms with Crippen molar-refractivity contribution in [1.82, 2.24) is 29.7 Å². The highest BCUT2D eigenvalue weighted by Gasteiger charge is 2.30. The van der Waals surface area contributed by atoms with Gasteiger partial charge in [0.05, 0.1) is 35.3 Å². The Balaban J connectivity index is 1.21. The average molecular weight is 589 g/mol. The molecule has 6 rings (SSSR count). The van der Waals surface area contributed by atoms with Gasteiger partial charge >= 0.3 is 6.03 Å². The van der Waals surface area contributed by atoms with Gasteiger partial charge in [0.25, 0.3) is 0 Å². The largest absolute Gasteiger partial charge is 0.484 e. The van der Waals surface area contributed by atoms with Crippen molar-refractivity contribution in [2.24, 2.45) is 0 Å². The Labute approximate surface area is 256 Å². The van der Waals surface area contributed by atoms with E-state index in [0.29, 0.717) is 17.8 Å². The topological polar surface area (TPSA) is 122 Å². The molecular weight excluding hydrogens is 552 g/mol. The second kappa shape index (κ2) is 11.5. The first-order chi connectivity index (χ1) is 21.1. The lowest BCUT2D eigenvalue weighted by atomic mass is 9.85. The first-order valence-electron chi connectivity index (χ1n) is 14.9. The van der Waals surface area contributed by atoms with Gasteiger partial charge in [-0.3, -0.25) is 9.72 Å². The van der Waals surface area contributed by atoms with Crippen molar-refractivity contribution in [3.63, 3.8) is 0 Å². The van der Waals surface area contributed by atoms with Crippen molar-refractivity contribution in [3.8, 4) is 17.5 Å². The fraction of sp³-hybridized carbons (Fsp3) is 0.324. The van der Waals surface area contributed by atoms with Crippen LogP contribution in [0.25, 0.3) is 11.3 Å². The Morgan fingerprint density at radius 3 is 2.48 bits per heavy atom. The number of ether oxygens (including phenoxy) is 1. The number of carbonyl (C=O) groups excluding carboxylic acids is 1. The highest BCUT2D eigenvalue weighted by Crippen LogP contribution is 2.39. The summed E-state index contributed by atoms with van der Waals surface area (Å²) < 4.78 is 10.2. The summed E-state index contributed by atoms with van der Waals surface area (Å²) >= 11 is 0. The number of hydrogen-bond donors (Lipinski definition) is 2. The monoisotopic (exact) mass is 588 g/mol. The van der Waals surface area contributed by atoms with Crippen molar-refractivity contribution >= 4 is 17.5 Å². The highest BCUT2D eigenvalue weighted by molar-refractivity contribution is 5.89. The van der Waals surface area contributed by atoms with E-state index in [1.54, 1.807) is 16.8 Å². The van der Waals surface area contributed by atoms with Gasteiger partial charge in [-0.15, -0.1) is 10.2 Å². The zero-order valence-electron chi connectivity index (χ0n) is 25.6. The first-order valence-corrected chi connectivity index (χ1v) is 14.9. The molecule has 1 aliphatic carbocycles. The number of carbonyl (C=O) groups is 1. The molecule has 1 aliphatic rings. The van der Waals surface area contributed by atoms with Crippen LogP contribution in [0.2, 0.25) is 0 Å². The van der Waals surface area contributed by atoms with E-state index in [1.165, 1.54) is 0 Å². The SMILES string of the molecule is CC(C)c1nnc2ccc(O[C@H]3CC[C@H](NC(=O)Nc4cc(C(C)(C)C)nn4-c4ccc(C#N)cc4)c4ccccc43)cn12. The Kier molecular flexibility index (Phi) is 7.55. The lowest BCUT2D eigenvalue weighted by Gasteiger charge is -2.32. The predicted octanol–water partition coefficient (Wildman–Crippen LogP) is 6.98. The number of amides is 2. The van der Waals surface area contributed by atoms with Crippen LogP contribution in [-0.2, 0) is 5.41 Å². The van der Waals surface area contributed by atoms with E-state index in [2.05, 4.69) is 67.6 Å². The number of aromatic nitrogens is 5. The molecule has 0 saturated heterocycles. The van der Waals surface area contributed by atoms with E-state index < -0.39 is 0 Å². The number of benzene rings is 2.